The molecule has 0 aliphatic heterocycles. The Bertz CT molecular complexity index is 1310. The van der Waals surface area contributed by atoms with Crippen molar-refractivity contribution in [2.24, 2.45) is 0 Å². The molecular weight excluding hydrogens is 542 g/mol. The summed E-state index contributed by atoms with van der Waals surface area (Å²) >= 11 is 6.09. The van der Waals surface area contributed by atoms with E-state index in [9.17, 15) is 14.7 Å². The standard InChI is InChI=1S/C33H40ClNO6/c1-32(2,3)40-30(37)22-39-28-12-8-9-25(20-28)24-15-13-23(14-16-24)17-18-35(31(38)41-33(4,5)6)21-29(36)26-10-7-11-27(34)19-26/h7-16,19-20,29,36H,17-18,21-22H2,1-6H3/t29-/m0/s1. The first-order valence-corrected chi connectivity index (χ1v) is 14.0. The van der Waals surface area contributed by atoms with Gasteiger partial charge in [0.25, 0.3) is 0 Å². The summed E-state index contributed by atoms with van der Waals surface area (Å²) in [6.45, 7) is 11.1. The van der Waals surface area contributed by atoms with E-state index in [-0.39, 0.29) is 13.2 Å². The number of aliphatic hydroxyl groups excluding tert-OH is 1. The van der Waals surface area contributed by atoms with Crippen LogP contribution in [0.15, 0.2) is 72.8 Å². The highest BCUT2D eigenvalue weighted by Gasteiger charge is 2.25. The molecule has 3 aromatic carbocycles. The highest BCUT2D eigenvalue weighted by Crippen LogP contribution is 2.25. The van der Waals surface area contributed by atoms with E-state index in [0.29, 0.717) is 29.3 Å². The molecule has 0 unspecified atom stereocenters. The monoisotopic (exact) mass is 581 g/mol. The molecule has 0 bridgehead atoms. The summed E-state index contributed by atoms with van der Waals surface area (Å²) < 4.78 is 16.5. The molecule has 7 nitrogen and oxygen atoms in total. The molecule has 0 spiro atoms. The van der Waals surface area contributed by atoms with E-state index in [1.807, 2.05) is 84.0 Å². The summed E-state index contributed by atoms with van der Waals surface area (Å²) in [5.74, 6) is 0.150. The number of halogens is 1. The fourth-order valence-corrected chi connectivity index (χ4v) is 4.22. The lowest BCUT2D eigenvalue weighted by molar-refractivity contribution is -0.157. The van der Waals surface area contributed by atoms with Crippen LogP contribution in [0.1, 0.15) is 58.8 Å². The Morgan fingerprint density at radius 1 is 0.854 bits per heavy atom. The van der Waals surface area contributed by atoms with Gasteiger partial charge in [0.2, 0.25) is 0 Å². The number of benzene rings is 3. The molecular formula is C33H40ClNO6. The topological polar surface area (TPSA) is 85.3 Å². The zero-order valence-corrected chi connectivity index (χ0v) is 25.4. The van der Waals surface area contributed by atoms with Gasteiger partial charge >= 0.3 is 12.1 Å². The van der Waals surface area contributed by atoms with Crippen molar-refractivity contribution in [3.63, 3.8) is 0 Å². The third-order valence-corrected chi connectivity index (χ3v) is 6.08. The van der Waals surface area contributed by atoms with Gasteiger partial charge in [-0.3, -0.25) is 0 Å². The van der Waals surface area contributed by atoms with E-state index < -0.39 is 29.4 Å². The maximum absolute atomic E-state index is 13.0. The number of carbonyl (C=O) groups is 2. The molecule has 0 saturated heterocycles. The van der Waals surface area contributed by atoms with Crippen LogP contribution < -0.4 is 4.74 Å². The van der Waals surface area contributed by atoms with Crippen LogP contribution >= 0.6 is 11.6 Å². The van der Waals surface area contributed by atoms with Gasteiger partial charge in [0.15, 0.2) is 6.61 Å². The Hall–Kier alpha value is -3.55. The van der Waals surface area contributed by atoms with Gasteiger partial charge < -0.3 is 24.2 Å². The second-order valence-electron chi connectivity index (χ2n) is 11.8. The Morgan fingerprint density at radius 3 is 2.15 bits per heavy atom. The molecule has 0 saturated carbocycles. The van der Waals surface area contributed by atoms with Crippen LogP contribution in [0, 0.1) is 0 Å². The molecule has 0 radical (unpaired) electrons. The van der Waals surface area contributed by atoms with Gasteiger partial charge in [-0.05, 0) is 94.5 Å². The Balaban J connectivity index is 1.65. The van der Waals surface area contributed by atoms with Crippen molar-refractivity contribution in [3.8, 4) is 16.9 Å². The first-order chi connectivity index (χ1) is 19.2. The highest BCUT2D eigenvalue weighted by molar-refractivity contribution is 6.30. The fraction of sp³-hybridized carbons (Fsp3) is 0.394. The van der Waals surface area contributed by atoms with Crippen molar-refractivity contribution >= 4 is 23.7 Å². The Morgan fingerprint density at radius 2 is 1.51 bits per heavy atom. The lowest BCUT2D eigenvalue weighted by atomic mass is 10.0. The second kappa shape index (κ2) is 13.9. The van der Waals surface area contributed by atoms with Crippen LogP contribution in [-0.4, -0.2) is 53.0 Å². The third kappa shape index (κ3) is 11.1. The van der Waals surface area contributed by atoms with Gasteiger partial charge in [-0.15, -0.1) is 0 Å². The summed E-state index contributed by atoms with van der Waals surface area (Å²) in [4.78, 5) is 26.5. The smallest absolute Gasteiger partial charge is 0.410 e. The van der Waals surface area contributed by atoms with E-state index in [4.69, 9.17) is 25.8 Å². The molecule has 41 heavy (non-hydrogen) atoms. The molecule has 0 fully saturated rings. The van der Waals surface area contributed by atoms with Crippen molar-refractivity contribution in [1.29, 1.82) is 0 Å². The first kappa shape index (κ1) is 32.0. The van der Waals surface area contributed by atoms with E-state index in [1.165, 1.54) is 4.90 Å². The van der Waals surface area contributed by atoms with Gasteiger partial charge in [-0.2, -0.15) is 0 Å². The van der Waals surface area contributed by atoms with Crippen LogP contribution in [0.5, 0.6) is 5.75 Å². The minimum Gasteiger partial charge on any atom is -0.482 e. The molecule has 0 aliphatic rings. The molecule has 1 atom stereocenters. The Labute approximate surface area is 248 Å². The fourth-order valence-electron chi connectivity index (χ4n) is 4.02. The molecule has 0 heterocycles. The predicted octanol–water partition coefficient (Wildman–Crippen LogP) is 7.24. The first-order valence-electron chi connectivity index (χ1n) is 13.6. The van der Waals surface area contributed by atoms with Gasteiger partial charge in [-0.25, -0.2) is 9.59 Å². The van der Waals surface area contributed by atoms with E-state index >= 15 is 0 Å². The molecule has 0 aromatic heterocycles. The van der Waals surface area contributed by atoms with Gasteiger partial charge in [0.05, 0.1) is 12.6 Å². The SMILES string of the molecule is CC(C)(C)OC(=O)COc1cccc(-c2ccc(CCN(C[C@H](O)c3cccc(Cl)c3)C(=O)OC(C)(C)C)cc2)c1. The quantitative estimate of drug-likeness (QED) is 0.254. The maximum atomic E-state index is 13.0. The highest BCUT2D eigenvalue weighted by atomic mass is 35.5. The summed E-state index contributed by atoms with van der Waals surface area (Å²) in [6.07, 6.45) is -0.826. The van der Waals surface area contributed by atoms with Gasteiger partial charge in [0, 0.05) is 11.6 Å². The number of carbonyl (C=O) groups excluding carboxylic acids is 2. The van der Waals surface area contributed by atoms with Gasteiger partial charge in [-0.1, -0.05) is 60.1 Å². The molecule has 3 rings (SSSR count). The lowest BCUT2D eigenvalue weighted by Crippen LogP contribution is -2.40. The summed E-state index contributed by atoms with van der Waals surface area (Å²) in [5.41, 5.74) is 2.35. The Kier molecular flexibility index (Phi) is 10.8. The largest absolute Gasteiger partial charge is 0.482 e. The summed E-state index contributed by atoms with van der Waals surface area (Å²) in [7, 11) is 0. The van der Waals surface area contributed by atoms with Crippen LogP contribution in [-0.2, 0) is 20.7 Å². The molecule has 3 aromatic rings. The number of amides is 1. The van der Waals surface area contributed by atoms with Crippen molar-refractivity contribution in [2.75, 3.05) is 19.7 Å². The van der Waals surface area contributed by atoms with Crippen molar-refractivity contribution in [1.82, 2.24) is 4.90 Å². The predicted molar refractivity (Wildman–Crippen MR) is 161 cm³/mol. The average molecular weight is 582 g/mol. The average Bonchev–Trinajstić information content (AvgIpc) is 2.88. The lowest BCUT2D eigenvalue weighted by Gasteiger charge is -2.29. The number of hydrogen-bond acceptors (Lipinski definition) is 6. The number of ether oxygens (including phenoxy) is 3. The van der Waals surface area contributed by atoms with E-state index in [1.54, 1.807) is 30.3 Å². The second-order valence-corrected chi connectivity index (χ2v) is 12.3. The minimum absolute atomic E-state index is 0.0728. The van der Waals surface area contributed by atoms with Gasteiger partial charge in [0.1, 0.15) is 17.0 Å². The normalized spacial score (nSPS) is 12.4. The number of nitrogens with zero attached hydrogens (tertiary/aromatic N) is 1. The van der Waals surface area contributed by atoms with Crippen LogP contribution in [0.2, 0.25) is 5.02 Å². The summed E-state index contributed by atoms with van der Waals surface area (Å²) in [5, 5.41) is 11.3. The minimum atomic E-state index is -0.909. The van der Waals surface area contributed by atoms with Crippen molar-refractivity contribution < 1.29 is 28.9 Å². The molecule has 220 valence electrons. The van der Waals surface area contributed by atoms with Crippen LogP contribution in [0.25, 0.3) is 11.1 Å². The summed E-state index contributed by atoms with van der Waals surface area (Å²) in [6, 6.07) is 22.5. The van der Waals surface area contributed by atoms with Crippen LogP contribution in [0.3, 0.4) is 0 Å². The number of rotatable bonds is 10. The molecule has 1 amide bonds. The zero-order chi connectivity index (χ0) is 30.2. The zero-order valence-electron chi connectivity index (χ0n) is 24.6. The van der Waals surface area contributed by atoms with Crippen molar-refractivity contribution in [3.05, 3.63) is 88.9 Å². The number of hydrogen-bond donors (Lipinski definition) is 1. The number of esters is 1. The van der Waals surface area contributed by atoms with Crippen LogP contribution in [0.4, 0.5) is 4.79 Å². The third-order valence-electron chi connectivity index (χ3n) is 5.85. The molecule has 0 aliphatic carbocycles. The molecule has 1 N–H and O–H groups in total. The maximum Gasteiger partial charge on any atom is 0.410 e. The van der Waals surface area contributed by atoms with E-state index in [0.717, 1.165) is 16.7 Å². The molecule has 8 heteroatoms. The number of aliphatic hydroxyl groups is 1. The van der Waals surface area contributed by atoms with Crippen molar-refractivity contribution in [2.45, 2.75) is 65.3 Å². The van der Waals surface area contributed by atoms with E-state index in [2.05, 4.69) is 0 Å².